The second kappa shape index (κ2) is 5.05. The van der Waals surface area contributed by atoms with Gasteiger partial charge in [0.05, 0.1) is 30.1 Å². The maximum Gasteiger partial charge on any atom is 0.229 e. The van der Waals surface area contributed by atoms with Crippen molar-refractivity contribution >= 4 is 17.5 Å². The van der Waals surface area contributed by atoms with Gasteiger partial charge in [-0.3, -0.25) is 14.6 Å². The Kier molecular flexibility index (Phi) is 3.14. The number of hydrogen-bond acceptors (Lipinski definition) is 4. The molecule has 3 fully saturated rings. The zero-order chi connectivity index (χ0) is 15.3. The lowest BCUT2D eigenvalue weighted by Crippen LogP contribution is -2.47. The van der Waals surface area contributed by atoms with Crippen molar-refractivity contribution in [3.8, 4) is 0 Å². The number of fused-ring (bicyclic) bond motifs is 1. The molecule has 2 aliphatic heterocycles. The van der Waals surface area contributed by atoms with Gasteiger partial charge in [-0.2, -0.15) is 0 Å². The monoisotopic (exact) mass is 301 g/mol. The van der Waals surface area contributed by atoms with Crippen LogP contribution in [-0.2, 0) is 9.59 Å². The number of carbonyl (C=O) groups is 2. The second-order valence-electron chi connectivity index (χ2n) is 6.46. The molecule has 6 heteroatoms. The van der Waals surface area contributed by atoms with Crippen LogP contribution in [-0.4, -0.2) is 51.5 Å². The van der Waals surface area contributed by atoms with Crippen molar-refractivity contribution in [3.63, 3.8) is 0 Å². The van der Waals surface area contributed by atoms with Crippen LogP contribution in [0.2, 0.25) is 0 Å². The van der Waals surface area contributed by atoms with E-state index in [4.69, 9.17) is 0 Å². The fourth-order valence-corrected chi connectivity index (χ4v) is 3.98. The van der Waals surface area contributed by atoms with Crippen LogP contribution in [0.5, 0.6) is 0 Å². The SMILES string of the molecule is O=C(C1CC(O)C1)N1CC[C@@H]2[C@@H]1CC(=O)N2c1cccnc1. The van der Waals surface area contributed by atoms with Crippen LogP contribution in [0.3, 0.4) is 0 Å². The maximum atomic E-state index is 12.5. The molecule has 0 radical (unpaired) electrons. The lowest BCUT2D eigenvalue weighted by atomic mass is 9.81. The first-order valence-electron chi connectivity index (χ1n) is 7.86. The van der Waals surface area contributed by atoms with Crippen LogP contribution in [0.25, 0.3) is 0 Å². The third-order valence-electron chi connectivity index (χ3n) is 5.16. The van der Waals surface area contributed by atoms with Gasteiger partial charge in [0.2, 0.25) is 11.8 Å². The molecule has 0 unspecified atom stereocenters. The average molecular weight is 301 g/mol. The average Bonchev–Trinajstić information content (AvgIpc) is 3.02. The first kappa shape index (κ1) is 13.7. The van der Waals surface area contributed by atoms with Gasteiger partial charge in [-0.15, -0.1) is 0 Å². The molecule has 116 valence electrons. The van der Waals surface area contributed by atoms with Gasteiger partial charge >= 0.3 is 0 Å². The van der Waals surface area contributed by atoms with Gasteiger partial charge in [-0.25, -0.2) is 0 Å². The molecule has 2 atom stereocenters. The minimum atomic E-state index is -0.329. The highest BCUT2D eigenvalue weighted by Gasteiger charge is 2.50. The number of hydrogen-bond donors (Lipinski definition) is 1. The first-order valence-corrected chi connectivity index (χ1v) is 7.86. The van der Waals surface area contributed by atoms with Crippen molar-refractivity contribution in [1.82, 2.24) is 9.88 Å². The number of likely N-dealkylation sites (tertiary alicyclic amines) is 1. The van der Waals surface area contributed by atoms with Gasteiger partial charge in [-0.05, 0) is 31.4 Å². The molecule has 4 rings (SSSR count). The first-order chi connectivity index (χ1) is 10.6. The quantitative estimate of drug-likeness (QED) is 0.866. The van der Waals surface area contributed by atoms with Crippen LogP contribution in [0.15, 0.2) is 24.5 Å². The molecule has 3 heterocycles. The smallest absolute Gasteiger partial charge is 0.229 e. The molecule has 1 saturated carbocycles. The van der Waals surface area contributed by atoms with Crippen molar-refractivity contribution in [1.29, 1.82) is 0 Å². The Labute approximate surface area is 128 Å². The zero-order valence-corrected chi connectivity index (χ0v) is 12.3. The number of aliphatic hydroxyl groups excluding tert-OH is 1. The number of amides is 2. The van der Waals surface area contributed by atoms with Crippen molar-refractivity contribution in [2.24, 2.45) is 5.92 Å². The molecule has 6 nitrogen and oxygen atoms in total. The Morgan fingerprint density at radius 1 is 1.32 bits per heavy atom. The molecule has 0 spiro atoms. The predicted molar refractivity (Wildman–Crippen MR) is 79.0 cm³/mol. The third kappa shape index (κ3) is 2.01. The Morgan fingerprint density at radius 3 is 2.82 bits per heavy atom. The summed E-state index contributed by atoms with van der Waals surface area (Å²) in [5.74, 6) is 0.115. The molecule has 1 aromatic heterocycles. The summed E-state index contributed by atoms with van der Waals surface area (Å²) in [7, 11) is 0. The standard InChI is InChI=1S/C16H19N3O3/c20-12-6-10(7-12)16(22)18-5-3-13-14(18)8-15(21)19(13)11-2-1-4-17-9-11/h1-2,4,9-10,12-14,20H,3,5-8H2/t10?,12?,13-,14+/m1/s1. The van der Waals surface area contributed by atoms with Crippen molar-refractivity contribution in [2.75, 3.05) is 11.4 Å². The van der Waals surface area contributed by atoms with Crippen molar-refractivity contribution in [3.05, 3.63) is 24.5 Å². The summed E-state index contributed by atoms with van der Waals surface area (Å²) in [6, 6.07) is 3.74. The number of pyridine rings is 1. The van der Waals surface area contributed by atoms with E-state index in [0.29, 0.717) is 25.8 Å². The van der Waals surface area contributed by atoms with Crippen LogP contribution >= 0.6 is 0 Å². The van der Waals surface area contributed by atoms with Gasteiger partial charge in [0.25, 0.3) is 0 Å². The van der Waals surface area contributed by atoms with E-state index >= 15 is 0 Å². The van der Waals surface area contributed by atoms with E-state index in [-0.39, 0.29) is 35.9 Å². The van der Waals surface area contributed by atoms with Crippen LogP contribution in [0.1, 0.15) is 25.7 Å². The summed E-state index contributed by atoms with van der Waals surface area (Å²) in [5, 5.41) is 9.39. The molecular formula is C16H19N3O3. The molecule has 2 amide bonds. The molecular weight excluding hydrogens is 282 g/mol. The lowest BCUT2D eigenvalue weighted by molar-refractivity contribution is -0.143. The van der Waals surface area contributed by atoms with E-state index < -0.39 is 0 Å². The number of anilines is 1. The molecule has 1 N–H and O–H groups in total. The molecule has 2 saturated heterocycles. The minimum Gasteiger partial charge on any atom is -0.393 e. The zero-order valence-electron chi connectivity index (χ0n) is 12.3. The summed E-state index contributed by atoms with van der Waals surface area (Å²) in [6.45, 7) is 0.699. The van der Waals surface area contributed by atoms with E-state index in [1.807, 2.05) is 17.0 Å². The highest BCUT2D eigenvalue weighted by molar-refractivity contribution is 5.98. The Balaban J connectivity index is 1.53. The summed E-state index contributed by atoms with van der Waals surface area (Å²) in [4.78, 5) is 32.7. The molecule has 1 aromatic rings. The molecule has 22 heavy (non-hydrogen) atoms. The van der Waals surface area contributed by atoms with Gasteiger partial charge in [0, 0.05) is 25.1 Å². The summed E-state index contributed by atoms with van der Waals surface area (Å²) >= 11 is 0. The van der Waals surface area contributed by atoms with E-state index in [2.05, 4.69) is 4.98 Å². The van der Waals surface area contributed by atoms with E-state index in [1.165, 1.54) is 0 Å². The molecule has 3 aliphatic rings. The molecule has 0 aromatic carbocycles. The van der Waals surface area contributed by atoms with Crippen molar-refractivity contribution < 1.29 is 14.7 Å². The van der Waals surface area contributed by atoms with Crippen LogP contribution in [0.4, 0.5) is 5.69 Å². The van der Waals surface area contributed by atoms with E-state index in [1.54, 1.807) is 17.3 Å². The largest absolute Gasteiger partial charge is 0.393 e. The Hall–Kier alpha value is -1.95. The van der Waals surface area contributed by atoms with Gasteiger partial charge in [0.1, 0.15) is 0 Å². The van der Waals surface area contributed by atoms with E-state index in [9.17, 15) is 14.7 Å². The highest BCUT2D eigenvalue weighted by Crippen LogP contribution is 2.38. The summed E-state index contributed by atoms with van der Waals surface area (Å²) in [6.07, 6.45) is 5.39. The number of carbonyl (C=O) groups excluding carboxylic acids is 2. The lowest BCUT2D eigenvalue weighted by Gasteiger charge is -2.35. The van der Waals surface area contributed by atoms with E-state index in [0.717, 1.165) is 12.1 Å². The molecule has 0 bridgehead atoms. The summed E-state index contributed by atoms with van der Waals surface area (Å²) in [5.41, 5.74) is 0.813. The van der Waals surface area contributed by atoms with Gasteiger partial charge < -0.3 is 14.9 Å². The second-order valence-corrected chi connectivity index (χ2v) is 6.46. The summed E-state index contributed by atoms with van der Waals surface area (Å²) < 4.78 is 0. The topological polar surface area (TPSA) is 73.7 Å². The van der Waals surface area contributed by atoms with Crippen molar-refractivity contribution in [2.45, 2.75) is 43.9 Å². The fraction of sp³-hybridized carbons (Fsp3) is 0.562. The molecule has 1 aliphatic carbocycles. The minimum absolute atomic E-state index is 0.0297. The number of aromatic nitrogens is 1. The Morgan fingerprint density at radius 2 is 2.14 bits per heavy atom. The number of nitrogens with zero attached hydrogens (tertiary/aromatic N) is 3. The Bertz CT molecular complexity index is 600. The van der Waals surface area contributed by atoms with Gasteiger partial charge in [-0.1, -0.05) is 0 Å². The maximum absolute atomic E-state index is 12.5. The van der Waals surface area contributed by atoms with Crippen LogP contribution in [0, 0.1) is 5.92 Å². The van der Waals surface area contributed by atoms with Gasteiger partial charge in [0.15, 0.2) is 0 Å². The van der Waals surface area contributed by atoms with Crippen LogP contribution < -0.4 is 4.90 Å². The third-order valence-corrected chi connectivity index (χ3v) is 5.16. The number of rotatable bonds is 2. The predicted octanol–water partition coefficient (Wildman–Crippen LogP) is 0.559. The fourth-order valence-electron chi connectivity index (χ4n) is 3.98. The highest BCUT2D eigenvalue weighted by atomic mass is 16.3. The number of aliphatic hydroxyl groups is 1. The normalized spacial score (nSPS) is 33.8.